The standard InChI is InChI=1S/C24H31N3O5/c1-3-4-8-15-27(23(29)26-31)22(28)16-21(20-13-11-18(2)12-14-20)25-24(30)32-17-19-9-6-5-7-10-19/h5-7,9-14,21,31H,3-4,8,15-17H2,1-2H3,(H,25,30)(H,26,29). The van der Waals surface area contributed by atoms with Gasteiger partial charge in [0, 0.05) is 6.54 Å². The van der Waals surface area contributed by atoms with Gasteiger partial charge < -0.3 is 10.1 Å². The average Bonchev–Trinajstić information content (AvgIpc) is 2.80. The number of benzene rings is 2. The van der Waals surface area contributed by atoms with Crippen molar-refractivity contribution >= 4 is 18.0 Å². The zero-order valence-corrected chi connectivity index (χ0v) is 18.5. The highest BCUT2D eigenvalue weighted by Crippen LogP contribution is 2.20. The van der Waals surface area contributed by atoms with Gasteiger partial charge in [0.2, 0.25) is 5.91 Å². The lowest BCUT2D eigenvalue weighted by Crippen LogP contribution is -2.44. The van der Waals surface area contributed by atoms with E-state index in [1.54, 1.807) is 0 Å². The molecule has 8 heteroatoms. The van der Waals surface area contributed by atoms with Crippen LogP contribution >= 0.6 is 0 Å². The molecular weight excluding hydrogens is 410 g/mol. The number of nitrogens with zero attached hydrogens (tertiary/aromatic N) is 1. The highest BCUT2D eigenvalue weighted by atomic mass is 16.5. The summed E-state index contributed by atoms with van der Waals surface area (Å²) >= 11 is 0. The van der Waals surface area contributed by atoms with Gasteiger partial charge in [-0.3, -0.25) is 14.9 Å². The molecule has 0 spiro atoms. The zero-order chi connectivity index (χ0) is 23.3. The quantitative estimate of drug-likeness (QED) is 0.286. The molecule has 2 rings (SSSR count). The summed E-state index contributed by atoms with van der Waals surface area (Å²) in [5.41, 5.74) is 4.11. The van der Waals surface area contributed by atoms with E-state index in [0.717, 1.165) is 28.9 Å². The van der Waals surface area contributed by atoms with Crippen LogP contribution in [-0.4, -0.2) is 34.7 Å². The summed E-state index contributed by atoms with van der Waals surface area (Å²) in [6.07, 6.45) is 1.55. The predicted octanol–water partition coefficient (Wildman–Crippen LogP) is 4.47. The highest BCUT2D eigenvalue weighted by molar-refractivity contribution is 5.94. The second-order valence-electron chi connectivity index (χ2n) is 7.54. The summed E-state index contributed by atoms with van der Waals surface area (Å²) in [7, 11) is 0. The largest absolute Gasteiger partial charge is 0.445 e. The third-order valence-corrected chi connectivity index (χ3v) is 4.99. The third kappa shape index (κ3) is 8.03. The Morgan fingerprint density at radius 2 is 1.72 bits per heavy atom. The molecule has 32 heavy (non-hydrogen) atoms. The fraction of sp³-hybridized carbons (Fsp3) is 0.375. The number of ether oxygens (including phenoxy) is 1. The molecule has 0 aromatic heterocycles. The lowest BCUT2D eigenvalue weighted by atomic mass is 10.0. The number of carbonyl (C=O) groups excluding carboxylic acids is 3. The summed E-state index contributed by atoms with van der Waals surface area (Å²) in [4.78, 5) is 38.3. The molecule has 8 nitrogen and oxygen atoms in total. The Bertz CT molecular complexity index is 871. The first kappa shape index (κ1) is 24.9. The molecule has 4 amide bonds. The fourth-order valence-electron chi connectivity index (χ4n) is 3.16. The van der Waals surface area contributed by atoms with E-state index < -0.39 is 24.1 Å². The Balaban J connectivity index is 2.11. The molecular formula is C24H31N3O5. The number of carbonyl (C=O) groups is 3. The lowest BCUT2D eigenvalue weighted by Gasteiger charge is -2.24. The van der Waals surface area contributed by atoms with E-state index in [-0.39, 0.29) is 19.6 Å². The molecule has 0 bridgehead atoms. The Labute approximate surface area is 188 Å². The molecule has 0 radical (unpaired) electrons. The van der Waals surface area contributed by atoms with Crippen molar-refractivity contribution in [2.45, 2.75) is 52.2 Å². The first-order valence-corrected chi connectivity index (χ1v) is 10.7. The van der Waals surface area contributed by atoms with Gasteiger partial charge in [-0.25, -0.2) is 15.1 Å². The number of alkyl carbamates (subject to hydrolysis) is 1. The van der Waals surface area contributed by atoms with Crippen LogP contribution in [0.2, 0.25) is 0 Å². The number of aryl methyl sites for hydroxylation is 1. The van der Waals surface area contributed by atoms with Crippen molar-refractivity contribution in [2.75, 3.05) is 6.54 Å². The average molecular weight is 442 g/mol. The van der Waals surface area contributed by atoms with Gasteiger partial charge in [0.1, 0.15) is 6.61 Å². The van der Waals surface area contributed by atoms with Crippen LogP contribution in [0.1, 0.15) is 55.3 Å². The van der Waals surface area contributed by atoms with Gasteiger partial charge in [0.05, 0.1) is 12.5 Å². The molecule has 0 aliphatic rings. The van der Waals surface area contributed by atoms with Crippen LogP contribution in [0.15, 0.2) is 54.6 Å². The maximum Gasteiger partial charge on any atom is 0.407 e. The molecule has 0 fully saturated rings. The second kappa shape index (κ2) is 13.1. The molecule has 1 unspecified atom stereocenters. The normalized spacial score (nSPS) is 11.3. The maximum atomic E-state index is 12.9. The van der Waals surface area contributed by atoms with Gasteiger partial charge in [-0.15, -0.1) is 0 Å². The number of unbranched alkanes of at least 4 members (excludes halogenated alkanes) is 2. The number of hydrogen-bond donors (Lipinski definition) is 3. The molecule has 3 N–H and O–H groups in total. The molecule has 1 atom stereocenters. The number of rotatable bonds is 10. The minimum atomic E-state index is -0.889. The maximum absolute atomic E-state index is 12.9. The molecule has 0 heterocycles. The van der Waals surface area contributed by atoms with Gasteiger partial charge in [-0.05, 0) is 24.5 Å². The Morgan fingerprint density at radius 3 is 2.34 bits per heavy atom. The van der Waals surface area contributed by atoms with E-state index >= 15 is 0 Å². The van der Waals surface area contributed by atoms with E-state index in [2.05, 4.69) is 5.32 Å². The van der Waals surface area contributed by atoms with Crippen LogP contribution in [0.3, 0.4) is 0 Å². The molecule has 0 aliphatic carbocycles. The van der Waals surface area contributed by atoms with Crippen molar-refractivity contribution in [3.05, 3.63) is 71.3 Å². The highest BCUT2D eigenvalue weighted by Gasteiger charge is 2.26. The molecule has 2 aromatic carbocycles. The topological polar surface area (TPSA) is 108 Å². The summed E-state index contributed by atoms with van der Waals surface area (Å²) in [6, 6.07) is 15.1. The Hall–Kier alpha value is -3.39. The van der Waals surface area contributed by atoms with E-state index in [0.29, 0.717) is 12.0 Å². The smallest absolute Gasteiger partial charge is 0.407 e. The first-order valence-electron chi connectivity index (χ1n) is 10.7. The SMILES string of the molecule is CCCCCN(C(=O)CC(NC(=O)OCc1ccccc1)c1ccc(C)cc1)C(=O)NO. The van der Waals surface area contributed by atoms with Gasteiger partial charge in [-0.1, -0.05) is 79.9 Å². The van der Waals surface area contributed by atoms with Crippen molar-refractivity contribution in [1.82, 2.24) is 15.7 Å². The molecule has 172 valence electrons. The second-order valence-corrected chi connectivity index (χ2v) is 7.54. The van der Waals surface area contributed by atoms with Crippen molar-refractivity contribution < 1.29 is 24.3 Å². The van der Waals surface area contributed by atoms with Gasteiger partial charge in [0.25, 0.3) is 0 Å². The van der Waals surface area contributed by atoms with Gasteiger partial charge in [0.15, 0.2) is 0 Å². The number of imide groups is 1. The van der Waals surface area contributed by atoms with Gasteiger partial charge >= 0.3 is 12.1 Å². The summed E-state index contributed by atoms with van der Waals surface area (Å²) in [5.74, 6) is -0.512. The lowest BCUT2D eigenvalue weighted by molar-refractivity contribution is -0.129. The van der Waals surface area contributed by atoms with E-state index in [1.807, 2.05) is 68.4 Å². The fourth-order valence-corrected chi connectivity index (χ4v) is 3.16. The van der Waals surface area contributed by atoms with Crippen LogP contribution in [0.25, 0.3) is 0 Å². The monoisotopic (exact) mass is 441 g/mol. The van der Waals surface area contributed by atoms with Crippen molar-refractivity contribution in [3.63, 3.8) is 0 Å². The van der Waals surface area contributed by atoms with Crippen LogP contribution < -0.4 is 10.8 Å². The summed E-state index contributed by atoms with van der Waals surface area (Å²) in [5, 5.41) is 11.8. The van der Waals surface area contributed by atoms with Crippen molar-refractivity contribution in [3.8, 4) is 0 Å². The molecule has 2 aromatic rings. The predicted molar refractivity (Wildman–Crippen MR) is 120 cm³/mol. The zero-order valence-electron chi connectivity index (χ0n) is 18.5. The Kier molecular flexibility index (Phi) is 10.2. The number of hydrogen-bond acceptors (Lipinski definition) is 5. The number of nitrogens with one attached hydrogen (secondary N) is 2. The van der Waals surface area contributed by atoms with Crippen LogP contribution in [0, 0.1) is 6.92 Å². The first-order chi connectivity index (χ1) is 15.4. The van der Waals surface area contributed by atoms with Crippen LogP contribution in [0.5, 0.6) is 0 Å². The van der Waals surface area contributed by atoms with E-state index in [1.165, 1.54) is 5.48 Å². The van der Waals surface area contributed by atoms with Crippen LogP contribution in [-0.2, 0) is 16.1 Å². The Morgan fingerprint density at radius 1 is 1.03 bits per heavy atom. The minimum Gasteiger partial charge on any atom is -0.445 e. The minimum absolute atomic E-state index is 0.0945. The van der Waals surface area contributed by atoms with Crippen molar-refractivity contribution in [1.29, 1.82) is 0 Å². The molecule has 0 saturated carbocycles. The van der Waals surface area contributed by atoms with Gasteiger partial charge in [-0.2, -0.15) is 0 Å². The number of hydroxylamine groups is 1. The third-order valence-electron chi connectivity index (χ3n) is 4.99. The van der Waals surface area contributed by atoms with E-state index in [4.69, 9.17) is 9.94 Å². The van der Waals surface area contributed by atoms with Crippen LogP contribution in [0.4, 0.5) is 9.59 Å². The molecule has 0 aliphatic heterocycles. The molecule has 0 saturated heterocycles. The number of urea groups is 1. The number of amides is 4. The summed E-state index contributed by atoms with van der Waals surface area (Å²) in [6.45, 7) is 4.22. The summed E-state index contributed by atoms with van der Waals surface area (Å²) < 4.78 is 5.30. The van der Waals surface area contributed by atoms with E-state index in [9.17, 15) is 14.4 Å². The van der Waals surface area contributed by atoms with Crippen molar-refractivity contribution in [2.24, 2.45) is 0 Å².